The van der Waals surface area contributed by atoms with E-state index in [1.54, 1.807) is 19.1 Å². The number of rotatable bonds is 6. The third-order valence-corrected chi connectivity index (χ3v) is 2.87. The zero-order chi connectivity index (χ0) is 13.5. The average molecular weight is 250 g/mol. The Morgan fingerprint density at radius 2 is 2.00 bits per heavy atom. The smallest absolute Gasteiger partial charge is 0.239 e. The van der Waals surface area contributed by atoms with Gasteiger partial charge >= 0.3 is 0 Å². The third-order valence-electron chi connectivity index (χ3n) is 2.87. The maximum absolute atomic E-state index is 11.9. The minimum absolute atomic E-state index is 0.00679. The van der Waals surface area contributed by atoms with Crippen molar-refractivity contribution in [2.24, 2.45) is 5.73 Å². The fourth-order valence-corrected chi connectivity index (χ4v) is 1.80. The van der Waals surface area contributed by atoms with Crippen LogP contribution in [-0.4, -0.2) is 31.0 Å². The van der Waals surface area contributed by atoms with Gasteiger partial charge in [0.25, 0.3) is 0 Å². The van der Waals surface area contributed by atoms with E-state index in [-0.39, 0.29) is 5.91 Å². The first-order valence-corrected chi connectivity index (χ1v) is 6.22. The molecule has 4 heteroatoms. The zero-order valence-corrected chi connectivity index (χ0v) is 11.3. The normalized spacial score (nSPS) is 12.0. The van der Waals surface area contributed by atoms with E-state index >= 15 is 0 Å². The van der Waals surface area contributed by atoms with Crippen LogP contribution in [0.15, 0.2) is 24.3 Å². The molecule has 0 saturated heterocycles. The Kier molecular flexibility index (Phi) is 5.65. The number of carbonyl (C=O) groups excluding carboxylic acids is 1. The van der Waals surface area contributed by atoms with E-state index in [0.717, 1.165) is 24.2 Å². The van der Waals surface area contributed by atoms with Crippen LogP contribution >= 0.6 is 0 Å². The van der Waals surface area contributed by atoms with Crippen molar-refractivity contribution in [3.63, 3.8) is 0 Å². The van der Waals surface area contributed by atoms with Crippen LogP contribution in [0.25, 0.3) is 0 Å². The lowest BCUT2D eigenvalue weighted by atomic mass is 10.1. The number of benzene rings is 1. The van der Waals surface area contributed by atoms with Crippen molar-refractivity contribution in [1.82, 2.24) is 4.90 Å². The number of ether oxygens (including phenoxy) is 1. The maximum Gasteiger partial charge on any atom is 0.239 e. The molecule has 0 saturated carbocycles. The Balaban J connectivity index is 2.57. The molecule has 0 unspecified atom stereocenters. The van der Waals surface area contributed by atoms with Crippen molar-refractivity contribution in [2.75, 3.05) is 14.2 Å². The molecule has 0 aliphatic heterocycles. The summed E-state index contributed by atoms with van der Waals surface area (Å²) >= 11 is 0. The van der Waals surface area contributed by atoms with Gasteiger partial charge in [-0.1, -0.05) is 25.5 Å². The van der Waals surface area contributed by atoms with Gasteiger partial charge in [-0.05, 0) is 24.1 Å². The molecule has 2 N–H and O–H groups in total. The van der Waals surface area contributed by atoms with E-state index in [4.69, 9.17) is 10.5 Å². The minimum atomic E-state index is -0.391. The second-order valence-electron chi connectivity index (χ2n) is 4.44. The largest absolute Gasteiger partial charge is 0.497 e. The number of nitrogens with two attached hydrogens (primary N) is 1. The van der Waals surface area contributed by atoms with Crippen LogP contribution in [0.2, 0.25) is 0 Å². The van der Waals surface area contributed by atoms with Crippen molar-refractivity contribution in [1.29, 1.82) is 0 Å². The van der Waals surface area contributed by atoms with E-state index < -0.39 is 6.04 Å². The van der Waals surface area contributed by atoms with Gasteiger partial charge < -0.3 is 15.4 Å². The van der Waals surface area contributed by atoms with E-state index in [2.05, 4.69) is 0 Å². The van der Waals surface area contributed by atoms with Gasteiger partial charge in [-0.25, -0.2) is 0 Å². The van der Waals surface area contributed by atoms with Gasteiger partial charge in [0.1, 0.15) is 5.75 Å². The van der Waals surface area contributed by atoms with Crippen LogP contribution in [0.5, 0.6) is 5.75 Å². The molecule has 0 heterocycles. The Morgan fingerprint density at radius 1 is 1.39 bits per heavy atom. The summed E-state index contributed by atoms with van der Waals surface area (Å²) in [6, 6.07) is 7.29. The lowest BCUT2D eigenvalue weighted by molar-refractivity contribution is -0.131. The topological polar surface area (TPSA) is 55.6 Å². The van der Waals surface area contributed by atoms with Gasteiger partial charge in [-0.2, -0.15) is 0 Å². The van der Waals surface area contributed by atoms with Crippen LogP contribution in [-0.2, 0) is 11.3 Å². The third kappa shape index (κ3) is 4.04. The van der Waals surface area contributed by atoms with Crippen molar-refractivity contribution >= 4 is 5.91 Å². The molecule has 4 nitrogen and oxygen atoms in total. The summed E-state index contributed by atoms with van der Waals surface area (Å²) in [4.78, 5) is 13.6. The van der Waals surface area contributed by atoms with Crippen molar-refractivity contribution < 1.29 is 9.53 Å². The summed E-state index contributed by atoms with van der Waals surface area (Å²) < 4.78 is 5.09. The van der Waals surface area contributed by atoms with Gasteiger partial charge in [0.15, 0.2) is 0 Å². The average Bonchev–Trinajstić information content (AvgIpc) is 2.39. The van der Waals surface area contributed by atoms with Crippen LogP contribution in [0.3, 0.4) is 0 Å². The first kappa shape index (κ1) is 14.5. The van der Waals surface area contributed by atoms with E-state index in [1.807, 2.05) is 31.2 Å². The molecule has 1 atom stereocenters. The molecule has 1 aromatic rings. The SMILES string of the molecule is CCC[C@H](N)C(=O)N(C)Cc1ccc(OC)cc1. The van der Waals surface area contributed by atoms with Crippen LogP contribution in [0, 0.1) is 0 Å². The Hall–Kier alpha value is -1.55. The van der Waals surface area contributed by atoms with Crippen LogP contribution < -0.4 is 10.5 Å². The molecule has 0 bridgehead atoms. The molecular formula is C14H22N2O2. The zero-order valence-electron chi connectivity index (χ0n) is 11.3. The quantitative estimate of drug-likeness (QED) is 0.837. The van der Waals surface area contributed by atoms with E-state index in [0.29, 0.717) is 6.54 Å². The second kappa shape index (κ2) is 7.01. The molecule has 0 spiro atoms. The number of amides is 1. The van der Waals surface area contributed by atoms with Crippen LogP contribution in [0.1, 0.15) is 25.3 Å². The molecule has 0 aliphatic rings. The molecule has 0 fully saturated rings. The lowest BCUT2D eigenvalue weighted by Gasteiger charge is -2.21. The summed E-state index contributed by atoms with van der Waals surface area (Å²) in [6.45, 7) is 2.59. The van der Waals surface area contributed by atoms with Gasteiger partial charge in [-0.15, -0.1) is 0 Å². The molecule has 0 aromatic heterocycles. The number of likely N-dealkylation sites (N-methyl/N-ethyl adjacent to an activating group) is 1. The second-order valence-corrected chi connectivity index (χ2v) is 4.44. The highest BCUT2D eigenvalue weighted by molar-refractivity contribution is 5.81. The molecule has 1 amide bonds. The number of hydrogen-bond donors (Lipinski definition) is 1. The monoisotopic (exact) mass is 250 g/mol. The van der Waals surface area contributed by atoms with Crippen LogP contribution in [0.4, 0.5) is 0 Å². The summed E-state index contributed by atoms with van der Waals surface area (Å²) in [6.07, 6.45) is 1.65. The Labute approximate surface area is 109 Å². The fraction of sp³-hybridized carbons (Fsp3) is 0.500. The van der Waals surface area contributed by atoms with Gasteiger partial charge in [-0.3, -0.25) is 4.79 Å². The summed E-state index contributed by atoms with van der Waals surface area (Å²) in [7, 11) is 3.41. The van der Waals surface area contributed by atoms with Crippen molar-refractivity contribution in [2.45, 2.75) is 32.4 Å². The molecule has 1 rings (SSSR count). The number of nitrogens with zero attached hydrogens (tertiary/aromatic N) is 1. The van der Waals surface area contributed by atoms with Gasteiger partial charge in [0.2, 0.25) is 5.91 Å². The first-order chi connectivity index (χ1) is 8.58. The molecule has 0 aliphatic carbocycles. The Morgan fingerprint density at radius 3 is 2.50 bits per heavy atom. The highest BCUT2D eigenvalue weighted by Crippen LogP contribution is 2.13. The highest BCUT2D eigenvalue weighted by atomic mass is 16.5. The summed E-state index contributed by atoms with van der Waals surface area (Å²) in [5, 5.41) is 0. The molecule has 0 radical (unpaired) electrons. The van der Waals surface area contributed by atoms with Crippen molar-refractivity contribution in [3.05, 3.63) is 29.8 Å². The predicted octanol–water partition coefficient (Wildman–Crippen LogP) is 1.78. The fourth-order valence-electron chi connectivity index (χ4n) is 1.80. The van der Waals surface area contributed by atoms with Gasteiger partial charge in [0.05, 0.1) is 13.2 Å². The summed E-state index contributed by atoms with van der Waals surface area (Å²) in [5.41, 5.74) is 6.88. The molecule has 100 valence electrons. The minimum Gasteiger partial charge on any atom is -0.497 e. The van der Waals surface area contributed by atoms with Crippen molar-refractivity contribution in [3.8, 4) is 5.75 Å². The maximum atomic E-state index is 11.9. The standard InChI is InChI=1S/C14H22N2O2/c1-4-5-13(15)14(17)16(2)10-11-6-8-12(18-3)9-7-11/h6-9,13H,4-5,10,15H2,1-3H3/t13-/m0/s1. The van der Waals surface area contributed by atoms with Gasteiger partial charge in [0, 0.05) is 13.6 Å². The number of methoxy groups -OCH3 is 1. The van der Waals surface area contributed by atoms with E-state index in [9.17, 15) is 4.79 Å². The molecular weight excluding hydrogens is 228 g/mol. The van der Waals surface area contributed by atoms with E-state index in [1.165, 1.54) is 0 Å². The lowest BCUT2D eigenvalue weighted by Crippen LogP contribution is -2.41. The Bertz CT molecular complexity index is 376. The predicted molar refractivity (Wildman–Crippen MR) is 72.4 cm³/mol. The first-order valence-electron chi connectivity index (χ1n) is 6.22. The highest BCUT2D eigenvalue weighted by Gasteiger charge is 2.16. The number of carbonyl (C=O) groups is 1. The molecule has 18 heavy (non-hydrogen) atoms. The molecule has 1 aromatic carbocycles. The summed E-state index contributed by atoms with van der Waals surface area (Å²) in [5.74, 6) is 0.808. The number of hydrogen-bond acceptors (Lipinski definition) is 3.